The summed E-state index contributed by atoms with van der Waals surface area (Å²) in [6.07, 6.45) is 0. The molecule has 0 saturated heterocycles. The van der Waals surface area contributed by atoms with E-state index >= 15 is 0 Å². The van der Waals surface area contributed by atoms with Crippen molar-refractivity contribution in [3.63, 3.8) is 0 Å². The van der Waals surface area contributed by atoms with Crippen LogP contribution in [0.4, 0.5) is 11.4 Å². The number of ether oxygens (including phenoxy) is 1. The molecule has 6 nitrogen and oxygen atoms in total. The van der Waals surface area contributed by atoms with Gasteiger partial charge in [-0.1, -0.05) is 59.1 Å². The second-order valence-electron chi connectivity index (χ2n) is 9.56. The molecule has 202 valence electrons. The molecule has 0 heterocycles. The summed E-state index contributed by atoms with van der Waals surface area (Å²) >= 11 is 6.03. The van der Waals surface area contributed by atoms with Crippen LogP contribution in [0.15, 0.2) is 89.8 Å². The lowest BCUT2D eigenvalue weighted by atomic mass is 10.1. The number of halogens is 1. The Labute approximate surface area is 235 Å². The molecule has 0 saturated carbocycles. The van der Waals surface area contributed by atoms with E-state index in [4.69, 9.17) is 16.3 Å². The van der Waals surface area contributed by atoms with Crippen molar-refractivity contribution in [2.75, 3.05) is 16.2 Å². The van der Waals surface area contributed by atoms with Crippen LogP contribution in [0.1, 0.15) is 27.8 Å². The molecule has 4 aromatic rings. The summed E-state index contributed by atoms with van der Waals surface area (Å²) < 4.78 is 34.4. The molecule has 4 rings (SSSR count). The van der Waals surface area contributed by atoms with Gasteiger partial charge in [-0.15, -0.1) is 0 Å². The van der Waals surface area contributed by atoms with Crippen LogP contribution in [0, 0.1) is 27.7 Å². The quantitative estimate of drug-likeness (QED) is 0.238. The highest BCUT2D eigenvalue weighted by atomic mass is 35.5. The average Bonchev–Trinajstić information content (AvgIpc) is 2.90. The number of amides is 1. The van der Waals surface area contributed by atoms with Crippen LogP contribution < -0.4 is 14.4 Å². The van der Waals surface area contributed by atoms with Crippen molar-refractivity contribution in [1.82, 2.24) is 0 Å². The maximum Gasteiger partial charge on any atom is 0.264 e. The van der Waals surface area contributed by atoms with E-state index < -0.39 is 10.0 Å². The van der Waals surface area contributed by atoms with Gasteiger partial charge in [-0.25, -0.2) is 8.42 Å². The smallest absolute Gasteiger partial charge is 0.264 e. The largest absolute Gasteiger partial charge is 0.484 e. The number of benzene rings is 4. The molecule has 39 heavy (non-hydrogen) atoms. The first kappa shape index (κ1) is 28.2. The third-order valence-corrected chi connectivity index (χ3v) is 8.32. The lowest BCUT2D eigenvalue weighted by molar-refractivity contribution is -0.118. The van der Waals surface area contributed by atoms with Crippen molar-refractivity contribution in [3.8, 4) is 5.75 Å². The Bertz CT molecular complexity index is 1540. The molecule has 0 aliphatic heterocycles. The minimum absolute atomic E-state index is 0.116. The van der Waals surface area contributed by atoms with Gasteiger partial charge < -0.3 is 10.1 Å². The first-order valence-corrected chi connectivity index (χ1v) is 14.3. The topological polar surface area (TPSA) is 75.7 Å². The summed E-state index contributed by atoms with van der Waals surface area (Å²) in [4.78, 5) is 12.8. The number of aryl methyl sites for hydroxylation is 4. The Morgan fingerprint density at radius 3 is 2.00 bits per heavy atom. The van der Waals surface area contributed by atoms with Gasteiger partial charge in [0.2, 0.25) is 0 Å². The Morgan fingerprint density at radius 1 is 0.821 bits per heavy atom. The van der Waals surface area contributed by atoms with Crippen molar-refractivity contribution < 1.29 is 17.9 Å². The van der Waals surface area contributed by atoms with Crippen LogP contribution in [-0.4, -0.2) is 20.9 Å². The minimum atomic E-state index is -3.87. The fourth-order valence-electron chi connectivity index (χ4n) is 4.32. The predicted octanol–water partition coefficient (Wildman–Crippen LogP) is 6.99. The third-order valence-electron chi connectivity index (χ3n) is 6.28. The summed E-state index contributed by atoms with van der Waals surface area (Å²) in [5.41, 5.74) is 6.11. The first-order valence-electron chi connectivity index (χ1n) is 12.5. The molecule has 8 heteroatoms. The maximum atomic E-state index is 13.7. The van der Waals surface area contributed by atoms with E-state index in [2.05, 4.69) is 5.32 Å². The highest BCUT2D eigenvalue weighted by Gasteiger charge is 2.25. The second kappa shape index (κ2) is 11.9. The van der Waals surface area contributed by atoms with Crippen molar-refractivity contribution in [2.45, 2.75) is 39.1 Å². The first-order chi connectivity index (χ1) is 18.5. The lowest BCUT2D eigenvalue weighted by Crippen LogP contribution is -2.30. The molecule has 1 N–H and O–H groups in total. The Balaban J connectivity index is 1.52. The molecule has 0 spiro atoms. The van der Waals surface area contributed by atoms with Gasteiger partial charge >= 0.3 is 0 Å². The van der Waals surface area contributed by atoms with Gasteiger partial charge in [0.25, 0.3) is 15.9 Å². The van der Waals surface area contributed by atoms with E-state index in [1.54, 1.807) is 72.8 Å². The van der Waals surface area contributed by atoms with E-state index in [0.29, 0.717) is 16.5 Å². The Kier molecular flexibility index (Phi) is 8.63. The molecule has 0 aromatic heterocycles. The normalized spacial score (nSPS) is 11.2. The molecular weight excluding hydrogens is 532 g/mol. The third kappa shape index (κ3) is 6.99. The summed E-state index contributed by atoms with van der Waals surface area (Å²) in [7, 11) is -3.87. The fourth-order valence-corrected chi connectivity index (χ4v) is 5.90. The van der Waals surface area contributed by atoms with Crippen LogP contribution in [0.5, 0.6) is 5.75 Å². The maximum absolute atomic E-state index is 13.7. The summed E-state index contributed by atoms with van der Waals surface area (Å²) in [6, 6.07) is 24.5. The Hall–Kier alpha value is -3.81. The number of nitrogens with one attached hydrogen (secondary N) is 1. The molecule has 0 bridgehead atoms. The van der Waals surface area contributed by atoms with Gasteiger partial charge in [0, 0.05) is 10.7 Å². The zero-order chi connectivity index (χ0) is 28.2. The van der Waals surface area contributed by atoms with E-state index in [-0.39, 0.29) is 24.0 Å². The van der Waals surface area contributed by atoms with E-state index in [1.165, 1.54) is 4.31 Å². The molecule has 0 aliphatic carbocycles. The SMILES string of the molecule is Cc1ccc(S(=O)(=O)N(Cc2ccc(Cl)cc2)c2ccc(OCC(=O)Nc3c(C)cc(C)cc3C)cc2)cc1. The number of rotatable bonds is 9. The van der Waals surface area contributed by atoms with Crippen LogP contribution in [0.3, 0.4) is 0 Å². The van der Waals surface area contributed by atoms with Gasteiger partial charge in [0.05, 0.1) is 17.1 Å². The van der Waals surface area contributed by atoms with Crippen LogP contribution >= 0.6 is 11.6 Å². The number of hydrogen-bond acceptors (Lipinski definition) is 4. The standard InChI is InChI=1S/C31H31ClN2O4S/c1-21-5-15-29(16-6-21)39(36,37)34(19-25-7-9-26(32)10-8-25)27-11-13-28(14-12-27)38-20-30(35)33-31-23(3)17-22(2)18-24(31)4/h5-18H,19-20H2,1-4H3,(H,33,35). The van der Waals surface area contributed by atoms with Crippen molar-refractivity contribution >= 4 is 38.9 Å². The van der Waals surface area contributed by atoms with Gasteiger partial charge in [-0.05, 0) is 92.9 Å². The fraction of sp³-hybridized carbons (Fsp3) is 0.194. The van der Waals surface area contributed by atoms with Gasteiger partial charge in [-0.3, -0.25) is 9.10 Å². The second-order valence-corrected chi connectivity index (χ2v) is 11.9. The lowest BCUT2D eigenvalue weighted by Gasteiger charge is -2.25. The molecule has 1 amide bonds. The average molecular weight is 563 g/mol. The van der Waals surface area contributed by atoms with Crippen LogP contribution in [-0.2, 0) is 21.4 Å². The van der Waals surface area contributed by atoms with E-state index in [9.17, 15) is 13.2 Å². The molecule has 0 aliphatic rings. The molecule has 0 radical (unpaired) electrons. The molecular formula is C31H31ClN2O4S. The Morgan fingerprint density at radius 2 is 1.41 bits per heavy atom. The van der Waals surface area contributed by atoms with Crippen LogP contribution in [0.25, 0.3) is 0 Å². The van der Waals surface area contributed by atoms with E-state index in [1.807, 2.05) is 39.8 Å². The number of carbonyl (C=O) groups is 1. The zero-order valence-corrected chi connectivity index (χ0v) is 23.9. The van der Waals surface area contributed by atoms with Crippen molar-refractivity contribution in [3.05, 3.63) is 118 Å². The number of sulfonamides is 1. The molecule has 4 aromatic carbocycles. The predicted molar refractivity (Wildman–Crippen MR) is 157 cm³/mol. The molecule has 0 fully saturated rings. The summed E-state index contributed by atoms with van der Waals surface area (Å²) in [6.45, 7) is 7.77. The van der Waals surface area contributed by atoms with Crippen LogP contribution in [0.2, 0.25) is 5.02 Å². The monoisotopic (exact) mass is 562 g/mol. The van der Waals surface area contributed by atoms with Crippen molar-refractivity contribution in [1.29, 1.82) is 0 Å². The van der Waals surface area contributed by atoms with E-state index in [0.717, 1.165) is 33.5 Å². The number of carbonyl (C=O) groups excluding carboxylic acids is 1. The minimum Gasteiger partial charge on any atom is -0.484 e. The van der Waals surface area contributed by atoms with Crippen molar-refractivity contribution in [2.24, 2.45) is 0 Å². The summed E-state index contributed by atoms with van der Waals surface area (Å²) in [5, 5.41) is 3.49. The summed E-state index contributed by atoms with van der Waals surface area (Å²) in [5.74, 6) is 0.172. The number of hydrogen-bond donors (Lipinski definition) is 1. The van der Waals surface area contributed by atoms with Gasteiger partial charge in [0.15, 0.2) is 6.61 Å². The number of nitrogens with zero attached hydrogens (tertiary/aromatic N) is 1. The van der Waals surface area contributed by atoms with Gasteiger partial charge in [0.1, 0.15) is 5.75 Å². The zero-order valence-electron chi connectivity index (χ0n) is 22.4. The highest BCUT2D eigenvalue weighted by Crippen LogP contribution is 2.29. The molecule has 0 unspecified atom stereocenters. The number of anilines is 2. The van der Waals surface area contributed by atoms with Gasteiger partial charge in [-0.2, -0.15) is 0 Å². The molecule has 0 atom stereocenters. The highest BCUT2D eigenvalue weighted by molar-refractivity contribution is 7.92.